The van der Waals surface area contributed by atoms with Crippen LogP contribution in [0.2, 0.25) is 0 Å². The molecule has 9 heteroatoms. The average molecular weight is 499 g/mol. The van der Waals surface area contributed by atoms with Gasteiger partial charge in [0, 0.05) is 18.2 Å². The number of aromatic nitrogens is 5. The number of nitrogens with one attached hydrogen (secondary N) is 1. The Labute approximate surface area is 213 Å². The van der Waals surface area contributed by atoms with Gasteiger partial charge in [-0.15, -0.1) is 5.10 Å². The van der Waals surface area contributed by atoms with Gasteiger partial charge in [0.25, 0.3) is 5.56 Å². The van der Waals surface area contributed by atoms with Crippen molar-refractivity contribution in [2.75, 3.05) is 13.7 Å². The maximum Gasteiger partial charge on any atom is 0.253 e. The van der Waals surface area contributed by atoms with Crippen LogP contribution in [0.25, 0.3) is 10.9 Å². The number of tetrazole rings is 1. The molecule has 8 nitrogen and oxygen atoms in total. The molecule has 0 radical (unpaired) electrons. The fourth-order valence-corrected chi connectivity index (χ4v) is 4.51. The molecule has 0 saturated carbocycles. The van der Waals surface area contributed by atoms with Crippen LogP contribution >= 0.6 is 0 Å². The lowest BCUT2D eigenvalue weighted by Crippen LogP contribution is -2.35. The normalized spacial score (nSPS) is 12.2. The van der Waals surface area contributed by atoms with E-state index in [1.165, 1.54) is 12.1 Å². The van der Waals surface area contributed by atoms with Gasteiger partial charge in [-0.25, -0.2) is 9.07 Å². The standard InChI is InChI=1S/C28H27FN6O2/c1-3-34(17-19-7-5-4-6-8-19)26(24-15-21-11-14-23(37-2)16-25(21)30-28(24)36)27-31-32-33-35(27)18-20-9-12-22(29)13-10-20/h4-16,26H,3,17-18H2,1-2H3,(H,30,36)/t26-/m1/s1. The van der Waals surface area contributed by atoms with Crippen LogP contribution in [-0.4, -0.2) is 43.7 Å². The summed E-state index contributed by atoms with van der Waals surface area (Å²) >= 11 is 0. The van der Waals surface area contributed by atoms with Crippen molar-refractivity contribution in [3.05, 3.63) is 118 Å². The Morgan fingerprint density at radius 1 is 1.03 bits per heavy atom. The third kappa shape index (κ3) is 5.26. The first-order valence-corrected chi connectivity index (χ1v) is 12.0. The van der Waals surface area contributed by atoms with Crippen molar-refractivity contribution in [3.63, 3.8) is 0 Å². The summed E-state index contributed by atoms with van der Waals surface area (Å²) in [5, 5.41) is 13.4. The Hall–Kier alpha value is -4.37. The van der Waals surface area contributed by atoms with Crippen molar-refractivity contribution >= 4 is 10.9 Å². The fourth-order valence-electron chi connectivity index (χ4n) is 4.51. The number of halogens is 1. The number of methoxy groups -OCH3 is 1. The Balaban J connectivity index is 1.62. The Morgan fingerprint density at radius 2 is 1.81 bits per heavy atom. The van der Waals surface area contributed by atoms with E-state index in [9.17, 15) is 9.18 Å². The third-order valence-corrected chi connectivity index (χ3v) is 6.43. The van der Waals surface area contributed by atoms with Gasteiger partial charge in [0.1, 0.15) is 17.6 Å². The van der Waals surface area contributed by atoms with Gasteiger partial charge in [0.2, 0.25) is 0 Å². The lowest BCUT2D eigenvalue weighted by atomic mass is 10.0. The highest BCUT2D eigenvalue weighted by atomic mass is 19.1. The molecule has 0 saturated heterocycles. The zero-order valence-electron chi connectivity index (χ0n) is 20.6. The number of ether oxygens (including phenoxy) is 1. The molecule has 0 spiro atoms. The first-order valence-electron chi connectivity index (χ1n) is 12.0. The van der Waals surface area contributed by atoms with Crippen molar-refractivity contribution in [1.29, 1.82) is 0 Å². The van der Waals surface area contributed by atoms with Crippen molar-refractivity contribution in [2.24, 2.45) is 0 Å². The quantitative estimate of drug-likeness (QED) is 0.326. The lowest BCUT2D eigenvalue weighted by Gasteiger charge is -2.30. The number of pyridine rings is 1. The Bertz CT molecular complexity index is 1550. The second-order valence-electron chi connectivity index (χ2n) is 8.78. The summed E-state index contributed by atoms with van der Waals surface area (Å²) in [5.74, 6) is 0.883. The Kier molecular flexibility index (Phi) is 7.04. The number of nitrogens with zero attached hydrogens (tertiary/aromatic N) is 5. The van der Waals surface area contributed by atoms with Gasteiger partial charge < -0.3 is 9.72 Å². The van der Waals surface area contributed by atoms with Gasteiger partial charge in [-0.2, -0.15) is 0 Å². The molecule has 2 heterocycles. The highest BCUT2D eigenvalue weighted by Gasteiger charge is 2.30. The van der Waals surface area contributed by atoms with Crippen LogP contribution in [0.5, 0.6) is 5.75 Å². The summed E-state index contributed by atoms with van der Waals surface area (Å²) in [4.78, 5) is 18.7. The van der Waals surface area contributed by atoms with Crippen molar-refractivity contribution in [1.82, 2.24) is 30.1 Å². The Morgan fingerprint density at radius 3 is 2.54 bits per heavy atom. The number of hydrogen-bond donors (Lipinski definition) is 1. The first-order chi connectivity index (χ1) is 18.1. The fraction of sp³-hybridized carbons (Fsp3) is 0.214. The molecule has 0 fully saturated rings. The van der Waals surface area contributed by atoms with E-state index in [2.05, 4.69) is 37.5 Å². The van der Waals surface area contributed by atoms with E-state index in [0.717, 1.165) is 16.5 Å². The number of fused-ring (bicyclic) bond motifs is 1. The van der Waals surface area contributed by atoms with Crippen LogP contribution < -0.4 is 10.3 Å². The molecule has 5 rings (SSSR count). The van der Waals surface area contributed by atoms with E-state index < -0.39 is 6.04 Å². The second kappa shape index (κ2) is 10.7. The third-order valence-electron chi connectivity index (χ3n) is 6.43. The van der Waals surface area contributed by atoms with Crippen LogP contribution in [0.3, 0.4) is 0 Å². The van der Waals surface area contributed by atoms with Crippen molar-refractivity contribution < 1.29 is 9.13 Å². The summed E-state index contributed by atoms with van der Waals surface area (Å²) in [6.07, 6.45) is 0. The monoisotopic (exact) mass is 498 g/mol. The highest BCUT2D eigenvalue weighted by Crippen LogP contribution is 2.29. The second-order valence-corrected chi connectivity index (χ2v) is 8.78. The molecule has 37 heavy (non-hydrogen) atoms. The van der Waals surface area contributed by atoms with Crippen molar-refractivity contribution in [3.8, 4) is 5.75 Å². The molecule has 2 aromatic heterocycles. The molecule has 188 valence electrons. The minimum atomic E-state index is -0.532. The molecule has 0 aliphatic heterocycles. The molecule has 3 aromatic carbocycles. The summed E-state index contributed by atoms with van der Waals surface area (Å²) in [5.41, 5.74) is 2.94. The minimum absolute atomic E-state index is 0.228. The van der Waals surface area contributed by atoms with E-state index in [0.29, 0.717) is 42.3 Å². The van der Waals surface area contributed by atoms with Gasteiger partial charge in [-0.05, 0) is 63.8 Å². The molecule has 1 atom stereocenters. The van der Waals surface area contributed by atoms with E-state index in [1.807, 2.05) is 43.3 Å². The van der Waals surface area contributed by atoms with Gasteiger partial charge in [0.15, 0.2) is 5.82 Å². The molecule has 0 bridgehead atoms. The zero-order chi connectivity index (χ0) is 25.8. The number of hydrogen-bond acceptors (Lipinski definition) is 6. The van der Waals surface area contributed by atoms with E-state index in [4.69, 9.17) is 4.74 Å². The van der Waals surface area contributed by atoms with Gasteiger partial charge in [0.05, 0.1) is 19.2 Å². The van der Waals surface area contributed by atoms with Crippen LogP contribution in [0.4, 0.5) is 4.39 Å². The molecule has 0 unspecified atom stereocenters. The summed E-state index contributed by atoms with van der Waals surface area (Å²) in [7, 11) is 1.59. The predicted octanol–water partition coefficient (Wildman–Crippen LogP) is 4.32. The van der Waals surface area contributed by atoms with E-state index in [-0.39, 0.29) is 11.4 Å². The largest absolute Gasteiger partial charge is 0.497 e. The van der Waals surface area contributed by atoms with Gasteiger partial charge >= 0.3 is 0 Å². The molecular weight excluding hydrogens is 471 g/mol. The van der Waals surface area contributed by atoms with E-state index >= 15 is 0 Å². The SMILES string of the molecule is CCN(Cc1ccccc1)[C@H](c1cc2ccc(OC)cc2[nH]c1=O)c1nnnn1Cc1ccc(F)cc1. The smallest absolute Gasteiger partial charge is 0.253 e. The zero-order valence-corrected chi connectivity index (χ0v) is 20.6. The molecule has 0 aliphatic carbocycles. The summed E-state index contributed by atoms with van der Waals surface area (Å²) in [6, 6.07) is 23.2. The lowest BCUT2D eigenvalue weighted by molar-refractivity contribution is 0.214. The maximum absolute atomic E-state index is 13.5. The van der Waals surface area contributed by atoms with E-state index in [1.54, 1.807) is 30.0 Å². The van der Waals surface area contributed by atoms with Gasteiger partial charge in [-0.3, -0.25) is 9.69 Å². The molecular formula is C28H27FN6O2. The number of H-pyrrole nitrogens is 1. The summed E-state index contributed by atoms with van der Waals surface area (Å²) in [6.45, 7) is 3.61. The molecule has 0 amide bonds. The number of benzene rings is 3. The average Bonchev–Trinajstić information content (AvgIpc) is 3.37. The first kappa shape index (κ1) is 24.3. The predicted molar refractivity (Wildman–Crippen MR) is 139 cm³/mol. The maximum atomic E-state index is 13.5. The van der Waals surface area contributed by atoms with Crippen LogP contribution in [-0.2, 0) is 13.1 Å². The molecule has 1 N–H and O–H groups in total. The summed E-state index contributed by atoms with van der Waals surface area (Å²) < 4.78 is 20.5. The highest BCUT2D eigenvalue weighted by molar-refractivity contribution is 5.80. The number of rotatable bonds is 9. The van der Waals surface area contributed by atoms with Gasteiger partial charge in [-0.1, -0.05) is 49.4 Å². The van der Waals surface area contributed by atoms with Crippen LogP contribution in [0.1, 0.15) is 35.5 Å². The minimum Gasteiger partial charge on any atom is -0.497 e. The molecule has 0 aliphatic rings. The number of aromatic amines is 1. The van der Waals surface area contributed by atoms with Crippen LogP contribution in [0.15, 0.2) is 83.7 Å². The van der Waals surface area contributed by atoms with Crippen LogP contribution in [0, 0.1) is 5.82 Å². The topological polar surface area (TPSA) is 88.9 Å². The molecule has 5 aromatic rings. The van der Waals surface area contributed by atoms with Crippen molar-refractivity contribution in [2.45, 2.75) is 26.1 Å².